The van der Waals surface area contributed by atoms with Crippen LogP contribution in [0.1, 0.15) is 31.1 Å². The topological polar surface area (TPSA) is 122 Å². The van der Waals surface area contributed by atoms with Gasteiger partial charge in [-0.05, 0) is 51.1 Å². The van der Waals surface area contributed by atoms with Crippen LogP contribution in [0, 0.1) is 10.1 Å². The third-order valence-electron chi connectivity index (χ3n) is 4.47. The van der Waals surface area contributed by atoms with E-state index in [1.54, 1.807) is 12.1 Å². The average Bonchev–Trinajstić information content (AvgIpc) is 2.72. The van der Waals surface area contributed by atoms with Crippen molar-refractivity contribution in [3.8, 4) is 0 Å². The lowest BCUT2D eigenvalue weighted by atomic mass is 10.1. The molecule has 162 valence electrons. The molecule has 0 aliphatic rings. The Morgan fingerprint density at radius 2 is 1.80 bits per heavy atom. The number of nitrogens with zero attached hydrogens (tertiary/aromatic N) is 2. The zero-order chi connectivity index (χ0) is 22.3. The highest BCUT2D eigenvalue weighted by atomic mass is 32.2. The van der Waals surface area contributed by atoms with Crippen LogP contribution in [-0.2, 0) is 10.0 Å². The molecule has 1 amide bonds. The Hall–Kier alpha value is -2.98. The number of hydrogen-bond donors (Lipinski definition) is 2. The van der Waals surface area contributed by atoms with Crippen molar-refractivity contribution in [1.82, 2.24) is 10.0 Å². The van der Waals surface area contributed by atoms with Gasteiger partial charge < -0.3 is 10.2 Å². The van der Waals surface area contributed by atoms with Crippen molar-refractivity contribution in [1.29, 1.82) is 0 Å². The normalized spacial score (nSPS) is 11.3. The van der Waals surface area contributed by atoms with Crippen molar-refractivity contribution in [2.45, 2.75) is 31.7 Å². The number of benzene rings is 2. The Kier molecular flexibility index (Phi) is 7.90. The molecule has 0 heterocycles. The minimum Gasteiger partial charge on any atom is -0.369 e. The first-order valence-electron chi connectivity index (χ1n) is 9.54. The van der Waals surface area contributed by atoms with Gasteiger partial charge in [-0.15, -0.1) is 0 Å². The molecule has 2 N–H and O–H groups in total. The van der Waals surface area contributed by atoms with Gasteiger partial charge in [0.25, 0.3) is 11.6 Å². The number of carbonyl (C=O) groups is 1. The van der Waals surface area contributed by atoms with Gasteiger partial charge in [0.05, 0.1) is 9.82 Å². The molecule has 2 rings (SSSR count). The lowest BCUT2D eigenvalue weighted by Gasteiger charge is -2.27. The van der Waals surface area contributed by atoms with Gasteiger partial charge in [-0.25, -0.2) is 13.1 Å². The second kappa shape index (κ2) is 10.2. The van der Waals surface area contributed by atoms with E-state index in [9.17, 15) is 23.3 Å². The number of anilines is 1. The molecule has 0 atom stereocenters. The summed E-state index contributed by atoms with van der Waals surface area (Å²) in [4.78, 5) is 24.4. The molecule has 2 aromatic rings. The Morgan fingerprint density at radius 3 is 2.37 bits per heavy atom. The minimum atomic E-state index is -3.92. The molecule has 0 bridgehead atoms. The number of nitro benzene ring substituents is 1. The van der Waals surface area contributed by atoms with E-state index in [4.69, 9.17) is 0 Å². The first kappa shape index (κ1) is 23.3. The highest BCUT2D eigenvalue weighted by Crippen LogP contribution is 2.18. The molecular weight excluding hydrogens is 408 g/mol. The molecule has 0 spiro atoms. The predicted molar refractivity (Wildman–Crippen MR) is 115 cm³/mol. The number of nitrogens with one attached hydrogen (secondary N) is 2. The van der Waals surface area contributed by atoms with Crippen molar-refractivity contribution >= 4 is 27.3 Å². The third-order valence-corrected chi connectivity index (χ3v) is 5.93. The maximum atomic E-state index is 12.3. The van der Waals surface area contributed by atoms with E-state index in [1.807, 2.05) is 12.1 Å². The van der Waals surface area contributed by atoms with Crippen LogP contribution in [-0.4, -0.2) is 44.9 Å². The molecule has 0 radical (unpaired) electrons. The SMILES string of the molecule is CCN(c1ccc(C(=O)NCCNS(=O)(=O)c2cccc([N+](=O)[O-])c2)cc1)C(C)C. The second-order valence-electron chi connectivity index (χ2n) is 6.83. The summed E-state index contributed by atoms with van der Waals surface area (Å²) in [5, 5.41) is 13.4. The number of nitro groups is 1. The average molecular weight is 435 g/mol. The Balaban J connectivity index is 1.90. The van der Waals surface area contributed by atoms with Crippen molar-refractivity contribution < 1.29 is 18.1 Å². The molecule has 0 saturated carbocycles. The van der Waals surface area contributed by atoms with Gasteiger partial charge >= 0.3 is 0 Å². The molecule has 9 nitrogen and oxygen atoms in total. The number of rotatable bonds is 10. The number of carbonyl (C=O) groups excluding carboxylic acids is 1. The molecule has 0 aromatic heterocycles. The van der Waals surface area contributed by atoms with Gasteiger partial charge in [0, 0.05) is 49.1 Å². The van der Waals surface area contributed by atoms with Gasteiger partial charge in [0.15, 0.2) is 0 Å². The Labute approximate surface area is 176 Å². The van der Waals surface area contributed by atoms with Crippen molar-refractivity contribution in [3.63, 3.8) is 0 Å². The van der Waals surface area contributed by atoms with Gasteiger partial charge in [-0.1, -0.05) is 6.07 Å². The maximum Gasteiger partial charge on any atom is 0.270 e. The molecule has 10 heteroatoms. The van der Waals surface area contributed by atoms with Gasteiger partial charge in [0.1, 0.15) is 0 Å². The van der Waals surface area contributed by atoms with Crippen LogP contribution in [0.5, 0.6) is 0 Å². The standard InChI is InChI=1S/C20H26N4O5S/c1-4-23(15(2)3)17-10-8-16(9-11-17)20(25)21-12-13-22-30(28,29)19-7-5-6-18(14-19)24(26)27/h5-11,14-15,22H,4,12-13H2,1-3H3,(H,21,25). The molecule has 2 aromatic carbocycles. The summed E-state index contributed by atoms with van der Waals surface area (Å²) in [6.07, 6.45) is 0. The Morgan fingerprint density at radius 1 is 1.13 bits per heavy atom. The molecule has 30 heavy (non-hydrogen) atoms. The van der Waals surface area contributed by atoms with E-state index in [1.165, 1.54) is 18.2 Å². The van der Waals surface area contributed by atoms with E-state index < -0.39 is 14.9 Å². The first-order valence-corrected chi connectivity index (χ1v) is 11.0. The highest BCUT2D eigenvalue weighted by molar-refractivity contribution is 7.89. The monoisotopic (exact) mass is 434 g/mol. The van der Waals surface area contributed by atoms with E-state index >= 15 is 0 Å². The molecule has 0 unspecified atom stereocenters. The van der Waals surface area contributed by atoms with E-state index in [0.29, 0.717) is 11.6 Å². The smallest absolute Gasteiger partial charge is 0.270 e. The predicted octanol–water partition coefficient (Wildman–Crippen LogP) is 2.54. The number of sulfonamides is 1. The van der Waals surface area contributed by atoms with Crippen molar-refractivity contribution in [3.05, 3.63) is 64.2 Å². The van der Waals surface area contributed by atoms with Crippen LogP contribution in [0.3, 0.4) is 0 Å². The van der Waals surface area contributed by atoms with Crippen LogP contribution >= 0.6 is 0 Å². The lowest BCUT2D eigenvalue weighted by Crippen LogP contribution is -2.34. The van der Waals surface area contributed by atoms with E-state index in [2.05, 4.69) is 35.7 Å². The molecule has 0 saturated heterocycles. The maximum absolute atomic E-state index is 12.3. The first-order chi connectivity index (χ1) is 14.2. The van der Waals surface area contributed by atoms with Gasteiger partial charge in [-0.3, -0.25) is 14.9 Å². The van der Waals surface area contributed by atoms with Crippen molar-refractivity contribution in [2.75, 3.05) is 24.5 Å². The molecule has 0 aliphatic heterocycles. The van der Waals surface area contributed by atoms with Crippen LogP contribution in [0.4, 0.5) is 11.4 Å². The summed E-state index contributed by atoms with van der Waals surface area (Å²) < 4.78 is 26.8. The lowest BCUT2D eigenvalue weighted by molar-refractivity contribution is -0.385. The summed E-state index contributed by atoms with van der Waals surface area (Å²) >= 11 is 0. The number of non-ortho nitro benzene ring substituents is 1. The quantitative estimate of drug-likeness (QED) is 0.337. The van der Waals surface area contributed by atoms with E-state index in [-0.39, 0.29) is 29.6 Å². The second-order valence-corrected chi connectivity index (χ2v) is 8.60. The van der Waals surface area contributed by atoms with Gasteiger partial charge in [0.2, 0.25) is 10.0 Å². The molecule has 0 fully saturated rings. The third kappa shape index (κ3) is 6.01. The number of hydrogen-bond acceptors (Lipinski definition) is 6. The fourth-order valence-electron chi connectivity index (χ4n) is 2.96. The highest BCUT2D eigenvalue weighted by Gasteiger charge is 2.17. The number of amides is 1. The zero-order valence-corrected chi connectivity index (χ0v) is 18.0. The fraction of sp³-hybridized carbons (Fsp3) is 0.350. The van der Waals surface area contributed by atoms with Crippen LogP contribution in [0.15, 0.2) is 53.4 Å². The molecule has 0 aliphatic carbocycles. The van der Waals surface area contributed by atoms with E-state index in [0.717, 1.165) is 18.3 Å². The summed E-state index contributed by atoms with van der Waals surface area (Å²) in [6.45, 7) is 7.13. The summed E-state index contributed by atoms with van der Waals surface area (Å²) in [6, 6.07) is 12.3. The summed E-state index contributed by atoms with van der Waals surface area (Å²) in [5.41, 5.74) is 1.18. The van der Waals surface area contributed by atoms with Crippen molar-refractivity contribution in [2.24, 2.45) is 0 Å². The summed E-state index contributed by atoms with van der Waals surface area (Å²) in [5.74, 6) is -0.316. The minimum absolute atomic E-state index is 0.0498. The van der Waals surface area contributed by atoms with Gasteiger partial charge in [-0.2, -0.15) is 0 Å². The fourth-order valence-corrected chi connectivity index (χ4v) is 4.03. The largest absolute Gasteiger partial charge is 0.369 e. The molecular formula is C20H26N4O5S. The van der Waals surface area contributed by atoms with Crippen LogP contribution in [0.25, 0.3) is 0 Å². The Bertz CT molecular complexity index is 991. The van der Waals surface area contributed by atoms with Crippen LogP contribution < -0.4 is 14.9 Å². The van der Waals surface area contributed by atoms with Crippen LogP contribution in [0.2, 0.25) is 0 Å². The zero-order valence-electron chi connectivity index (χ0n) is 17.2. The summed E-state index contributed by atoms with van der Waals surface area (Å²) in [7, 11) is -3.92.